The van der Waals surface area contributed by atoms with E-state index in [4.69, 9.17) is 4.74 Å². The number of Topliss-reactive ketones (excluding diaryl/α,β-unsaturated/α-hetero) is 1. The Hall–Kier alpha value is -2.67. The van der Waals surface area contributed by atoms with Gasteiger partial charge in [0, 0.05) is 11.3 Å². The summed E-state index contributed by atoms with van der Waals surface area (Å²) in [6.45, 7) is 8.98. The van der Waals surface area contributed by atoms with E-state index in [1.807, 2.05) is 26.8 Å². The number of carbonyl (C=O) groups excluding carboxylic acids is 2. The molecule has 0 atom stereocenters. The number of ketones is 1. The van der Waals surface area contributed by atoms with E-state index in [1.165, 1.54) is 13.0 Å². The van der Waals surface area contributed by atoms with E-state index in [9.17, 15) is 18.0 Å². The van der Waals surface area contributed by atoms with Crippen molar-refractivity contribution in [2.75, 3.05) is 10.5 Å². The second-order valence-electron chi connectivity index (χ2n) is 7.12. The van der Waals surface area contributed by atoms with Crippen molar-refractivity contribution < 1.29 is 22.7 Å². The minimum Gasteiger partial charge on any atom is -0.457 e. The summed E-state index contributed by atoms with van der Waals surface area (Å²) in [5.74, 6) is -0.587. The van der Waals surface area contributed by atoms with Crippen LogP contribution < -0.4 is 4.72 Å². The topological polar surface area (TPSA) is 89.5 Å². The van der Waals surface area contributed by atoms with Crippen LogP contribution in [0.25, 0.3) is 0 Å². The maximum atomic E-state index is 12.5. The van der Waals surface area contributed by atoms with Crippen LogP contribution in [0.5, 0.6) is 0 Å². The number of aryl methyl sites for hydroxylation is 2. The summed E-state index contributed by atoms with van der Waals surface area (Å²) < 4.78 is 31.8. The second kappa shape index (κ2) is 9.22. The van der Waals surface area contributed by atoms with Crippen LogP contribution in [-0.4, -0.2) is 25.9 Å². The minimum atomic E-state index is -3.44. The van der Waals surface area contributed by atoms with E-state index in [2.05, 4.69) is 4.72 Å². The number of ether oxygens (including phenoxy) is 1. The highest BCUT2D eigenvalue weighted by molar-refractivity contribution is 7.92. The van der Waals surface area contributed by atoms with E-state index >= 15 is 0 Å². The van der Waals surface area contributed by atoms with Crippen LogP contribution in [0.4, 0.5) is 5.69 Å². The van der Waals surface area contributed by atoms with Crippen LogP contribution in [0.1, 0.15) is 63.2 Å². The number of benzene rings is 2. The Morgan fingerprint density at radius 2 is 1.76 bits per heavy atom. The Kier molecular flexibility index (Phi) is 7.19. The van der Waals surface area contributed by atoms with Crippen molar-refractivity contribution in [1.82, 2.24) is 0 Å². The predicted octanol–water partition coefficient (Wildman–Crippen LogP) is 4.32. The Bertz CT molecular complexity index is 1040. The fourth-order valence-corrected chi connectivity index (χ4v) is 4.55. The average molecular weight is 418 g/mol. The van der Waals surface area contributed by atoms with Crippen LogP contribution in [0.3, 0.4) is 0 Å². The van der Waals surface area contributed by atoms with E-state index in [0.717, 1.165) is 22.3 Å². The second-order valence-corrected chi connectivity index (χ2v) is 8.96. The highest BCUT2D eigenvalue weighted by Crippen LogP contribution is 2.24. The van der Waals surface area contributed by atoms with Crippen molar-refractivity contribution in [3.05, 3.63) is 63.7 Å². The molecule has 0 spiro atoms. The zero-order valence-corrected chi connectivity index (χ0v) is 18.3. The Morgan fingerprint density at radius 3 is 2.38 bits per heavy atom. The molecule has 156 valence electrons. The van der Waals surface area contributed by atoms with Crippen LogP contribution in [0.15, 0.2) is 30.3 Å². The maximum Gasteiger partial charge on any atom is 0.338 e. The molecule has 0 aliphatic rings. The third-order valence-electron chi connectivity index (χ3n) is 4.68. The first-order valence-electron chi connectivity index (χ1n) is 9.44. The molecule has 0 amide bonds. The van der Waals surface area contributed by atoms with Gasteiger partial charge in [-0.05, 0) is 74.6 Å². The van der Waals surface area contributed by atoms with Gasteiger partial charge in [0.05, 0.1) is 11.3 Å². The molecule has 0 bridgehead atoms. The van der Waals surface area contributed by atoms with Crippen molar-refractivity contribution in [3.8, 4) is 0 Å². The van der Waals surface area contributed by atoms with Gasteiger partial charge in [-0.15, -0.1) is 0 Å². The van der Waals surface area contributed by atoms with Crippen LogP contribution in [-0.2, 0) is 21.4 Å². The number of hydrogen-bond acceptors (Lipinski definition) is 5. The summed E-state index contributed by atoms with van der Waals surface area (Å²) in [6.07, 6.45) is 0.495. The molecule has 6 nitrogen and oxygen atoms in total. The van der Waals surface area contributed by atoms with Gasteiger partial charge in [0.15, 0.2) is 5.78 Å². The molecule has 2 rings (SSSR count). The number of sulfonamides is 1. The smallest absolute Gasteiger partial charge is 0.338 e. The van der Waals surface area contributed by atoms with Crippen LogP contribution >= 0.6 is 0 Å². The number of nitrogens with one attached hydrogen (secondary N) is 1. The first-order valence-corrected chi connectivity index (χ1v) is 11.1. The first-order chi connectivity index (χ1) is 13.6. The molecular formula is C22H27NO5S. The summed E-state index contributed by atoms with van der Waals surface area (Å²) in [7, 11) is -3.44. The fourth-order valence-electron chi connectivity index (χ4n) is 3.42. The van der Waals surface area contributed by atoms with Gasteiger partial charge in [-0.2, -0.15) is 0 Å². The molecule has 2 aromatic carbocycles. The van der Waals surface area contributed by atoms with E-state index in [1.54, 1.807) is 25.1 Å². The number of esters is 1. The lowest BCUT2D eigenvalue weighted by atomic mass is 9.92. The van der Waals surface area contributed by atoms with Crippen molar-refractivity contribution >= 4 is 27.5 Å². The van der Waals surface area contributed by atoms with E-state index in [-0.39, 0.29) is 23.7 Å². The van der Waals surface area contributed by atoms with Crippen molar-refractivity contribution in [1.29, 1.82) is 0 Å². The third kappa shape index (κ3) is 5.67. The van der Waals surface area contributed by atoms with Gasteiger partial charge in [0.2, 0.25) is 10.0 Å². The van der Waals surface area contributed by atoms with Gasteiger partial charge in [-0.25, -0.2) is 13.2 Å². The standard InChI is InChI=1S/C22H27NO5S/c1-6-10-29(26,27)23-19-9-7-8-18(12-19)22(25)28-13-20-14(2)11-15(3)21(16(20)4)17(5)24/h7-9,11-12,23H,6,10,13H2,1-5H3. The monoisotopic (exact) mass is 417 g/mol. The number of rotatable bonds is 8. The molecule has 0 aliphatic carbocycles. The molecular weight excluding hydrogens is 390 g/mol. The molecule has 0 fully saturated rings. The SMILES string of the molecule is CCCS(=O)(=O)Nc1cccc(C(=O)OCc2c(C)cc(C)c(C(C)=O)c2C)c1. The largest absolute Gasteiger partial charge is 0.457 e. The molecule has 0 saturated carbocycles. The summed E-state index contributed by atoms with van der Waals surface area (Å²) in [6, 6.07) is 8.10. The lowest BCUT2D eigenvalue weighted by molar-refractivity contribution is 0.0471. The van der Waals surface area contributed by atoms with Crippen molar-refractivity contribution in [2.24, 2.45) is 0 Å². The number of hydrogen-bond donors (Lipinski definition) is 1. The van der Waals surface area contributed by atoms with E-state index < -0.39 is 16.0 Å². The first kappa shape index (κ1) is 22.6. The maximum absolute atomic E-state index is 12.5. The summed E-state index contributed by atoms with van der Waals surface area (Å²) in [5.41, 5.74) is 4.66. The number of carbonyl (C=O) groups is 2. The summed E-state index contributed by atoms with van der Waals surface area (Å²) in [4.78, 5) is 24.4. The van der Waals surface area contributed by atoms with E-state index in [0.29, 0.717) is 17.7 Å². The molecule has 1 N–H and O–H groups in total. The highest BCUT2D eigenvalue weighted by atomic mass is 32.2. The van der Waals surface area contributed by atoms with Gasteiger partial charge in [0.25, 0.3) is 0 Å². The van der Waals surface area contributed by atoms with Crippen molar-refractivity contribution in [2.45, 2.75) is 47.6 Å². The Morgan fingerprint density at radius 1 is 1.07 bits per heavy atom. The van der Waals surface area contributed by atoms with Gasteiger partial charge in [-0.1, -0.05) is 19.1 Å². The normalized spacial score (nSPS) is 11.2. The minimum absolute atomic E-state index is 0.00609. The molecule has 29 heavy (non-hydrogen) atoms. The predicted molar refractivity (Wildman–Crippen MR) is 114 cm³/mol. The zero-order valence-electron chi connectivity index (χ0n) is 17.5. The fraction of sp³-hybridized carbons (Fsp3) is 0.364. The molecule has 0 unspecified atom stereocenters. The molecule has 0 aromatic heterocycles. The van der Waals surface area contributed by atoms with Gasteiger partial charge in [-0.3, -0.25) is 9.52 Å². The lowest BCUT2D eigenvalue weighted by Crippen LogP contribution is -2.16. The third-order valence-corrected chi connectivity index (χ3v) is 6.17. The quantitative estimate of drug-likeness (QED) is 0.510. The van der Waals surface area contributed by atoms with Crippen molar-refractivity contribution in [3.63, 3.8) is 0 Å². The van der Waals surface area contributed by atoms with Gasteiger partial charge >= 0.3 is 5.97 Å². The highest BCUT2D eigenvalue weighted by Gasteiger charge is 2.17. The van der Waals surface area contributed by atoms with Gasteiger partial charge in [0.1, 0.15) is 6.61 Å². The summed E-state index contributed by atoms with van der Waals surface area (Å²) >= 11 is 0. The molecule has 0 radical (unpaired) electrons. The number of anilines is 1. The average Bonchev–Trinajstić information content (AvgIpc) is 2.60. The lowest BCUT2D eigenvalue weighted by Gasteiger charge is -2.16. The van der Waals surface area contributed by atoms with Crippen LogP contribution in [0, 0.1) is 20.8 Å². The molecule has 0 heterocycles. The Balaban J connectivity index is 2.19. The molecule has 7 heteroatoms. The summed E-state index contributed by atoms with van der Waals surface area (Å²) in [5, 5.41) is 0. The zero-order chi connectivity index (χ0) is 21.8. The van der Waals surface area contributed by atoms with Gasteiger partial charge < -0.3 is 4.74 Å². The molecule has 0 saturated heterocycles. The van der Waals surface area contributed by atoms with Crippen LogP contribution in [0.2, 0.25) is 0 Å². The molecule has 0 aliphatic heterocycles. The Labute approximate surface area is 172 Å². The molecule has 2 aromatic rings.